The molecule has 0 aliphatic carbocycles. The predicted molar refractivity (Wildman–Crippen MR) is 150 cm³/mol. The summed E-state index contributed by atoms with van der Waals surface area (Å²) in [7, 11) is -7.69. The predicted octanol–water partition coefficient (Wildman–Crippen LogP) is 5.78. The van der Waals surface area contributed by atoms with Gasteiger partial charge in [0.1, 0.15) is 0 Å². The van der Waals surface area contributed by atoms with Gasteiger partial charge in [-0.25, -0.2) is 16.8 Å². The zero-order chi connectivity index (χ0) is 27.7. The molecule has 3 aromatic carbocycles. The summed E-state index contributed by atoms with van der Waals surface area (Å²) in [5.74, 6) is -0.0288. The van der Waals surface area contributed by atoms with Crippen LogP contribution in [0, 0.1) is 12.8 Å². The number of hydrogen-bond acceptors (Lipinski definition) is 5. The van der Waals surface area contributed by atoms with Gasteiger partial charge in [0.05, 0.1) is 25.5 Å². The maximum Gasteiger partial charge on any atom is 0.261 e. The van der Waals surface area contributed by atoms with Gasteiger partial charge in [-0.3, -0.25) is 9.52 Å². The van der Waals surface area contributed by atoms with Crippen LogP contribution in [0.25, 0.3) is 0 Å². The molecule has 0 unspecified atom stereocenters. The Bertz CT molecular complexity index is 1570. The fraction of sp³-hybridized carbons (Fsp3) is 0.269. The molecule has 3 aromatic rings. The summed E-state index contributed by atoms with van der Waals surface area (Å²) in [5, 5.41) is 3.00. The first kappa shape index (κ1) is 28.4. The lowest BCUT2D eigenvalue weighted by atomic mass is 10.0. The van der Waals surface area contributed by atoms with Gasteiger partial charge in [0.2, 0.25) is 10.0 Å². The number of nitrogens with zero attached hydrogens (tertiary/aromatic N) is 1. The SMILES string of the molecule is Cc1ccc(S(=O)(=O)N2CCC(C)CC2)cc1C(=O)Nc1ccc(S(=O)(=O)Nc2cccc(Cl)c2Cl)cc1. The zero-order valence-electron chi connectivity index (χ0n) is 20.7. The van der Waals surface area contributed by atoms with Crippen LogP contribution in [0.3, 0.4) is 0 Å². The number of amides is 1. The van der Waals surface area contributed by atoms with Gasteiger partial charge < -0.3 is 5.32 Å². The number of aryl methyl sites for hydroxylation is 1. The first-order valence-corrected chi connectivity index (χ1v) is 15.6. The number of carbonyl (C=O) groups excluding carboxylic acids is 1. The average molecular weight is 597 g/mol. The van der Waals surface area contributed by atoms with Crippen LogP contribution in [0.2, 0.25) is 10.0 Å². The van der Waals surface area contributed by atoms with E-state index in [9.17, 15) is 21.6 Å². The molecule has 4 rings (SSSR count). The van der Waals surface area contributed by atoms with Gasteiger partial charge in [0, 0.05) is 24.3 Å². The number of sulfonamides is 2. The molecule has 1 heterocycles. The van der Waals surface area contributed by atoms with Crippen molar-refractivity contribution >= 4 is 60.5 Å². The van der Waals surface area contributed by atoms with Crippen molar-refractivity contribution in [3.8, 4) is 0 Å². The third-order valence-electron chi connectivity index (χ3n) is 6.45. The summed E-state index contributed by atoms with van der Waals surface area (Å²) in [6, 6.07) is 14.7. The highest BCUT2D eigenvalue weighted by atomic mass is 35.5. The Balaban J connectivity index is 1.50. The number of carbonyl (C=O) groups is 1. The van der Waals surface area contributed by atoms with E-state index in [-0.39, 0.29) is 31.1 Å². The molecule has 0 atom stereocenters. The number of anilines is 2. The Hall–Kier alpha value is -2.63. The molecule has 1 aliphatic heterocycles. The molecular weight excluding hydrogens is 569 g/mol. The van der Waals surface area contributed by atoms with E-state index in [1.807, 2.05) is 0 Å². The molecule has 1 fully saturated rings. The lowest BCUT2D eigenvalue weighted by molar-refractivity contribution is 0.102. The smallest absolute Gasteiger partial charge is 0.261 e. The van der Waals surface area contributed by atoms with Crippen LogP contribution >= 0.6 is 23.2 Å². The van der Waals surface area contributed by atoms with E-state index in [1.54, 1.807) is 25.1 Å². The van der Waals surface area contributed by atoms with Gasteiger partial charge >= 0.3 is 0 Å². The maximum absolute atomic E-state index is 13.2. The van der Waals surface area contributed by atoms with Gasteiger partial charge in [-0.2, -0.15) is 4.31 Å². The summed E-state index contributed by atoms with van der Waals surface area (Å²) < 4.78 is 55.7. The monoisotopic (exact) mass is 595 g/mol. The van der Waals surface area contributed by atoms with E-state index in [0.29, 0.717) is 30.3 Å². The number of halogens is 2. The fourth-order valence-corrected chi connectivity index (χ4v) is 7.05. The van der Waals surface area contributed by atoms with Crippen LogP contribution in [0.5, 0.6) is 0 Å². The Morgan fingerprint density at radius 3 is 2.21 bits per heavy atom. The van der Waals surface area contributed by atoms with Crippen molar-refractivity contribution < 1.29 is 21.6 Å². The molecular formula is C26H27Cl2N3O5S2. The van der Waals surface area contributed by atoms with Crippen LogP contribution < -0.4 is 10.0 Å². The summed E-state index contributed by atoms with van der Waals surface area (Å²) >= 11 is 12.0. The molecule has 1 amide bonds. The van der Waals surface area contributed by atoms with Crippen molar-refractivity contribution in [1.82, 2.24) is 4.31 Å². The van der Waals surface area contributed by atoms with Crippen LogP contribution in [0.1, 0.15) is 35.7 Å². The first-order valence-electron chi connectivity index (χ1n) is 11.9. The summed E-state index contributed by atoms with van der Waals surface area (Å²) in [4.78, 5) is 13.1. The minimum atomic E-state index is -3.97. The standard InChI is InChI=1S/C26H27Cl2N3O5S2/c1-17-12-14-31(15-13-17)38(35,36)21-9-6-18(2)22(16-21)26(32)29-19-7-10-20(11-8-19)37(33,34)30-24-5-3-4-23(27)25(24)28/h3-11,16-17,30H,12-15H2,1-2H3,(H,29,32). The Kier molecular flexibility index (Phi) is 8.39. The summed E-state index contributed by atoms with van der Waals surface area (Å²) in [5.41, 5.74) is 1.30. The molecule has 38 heavy (non-hydrogen) atoms. The Labute approximate surface area is 233 Å². The molecule has 202 valence electrons. The van der Waals surface area contributed by atoms with E-state index < -0.39 is 26.0 Å². The lowest BCUT2D eigenvalue weighted by Crippen LogP contribution is -2.38. The number of benzene rings is 3. The Morgan fingerprint density at radius 2 is 1.55 bits per heavy atom. The van der Waals surface area contributed by atoms with Crippen molar-refractivity contribution in [3.63, 3.8) is 0 Å². The van der Waals surface area contributed by atoms with Crippen LogP contribution in [-0.4, -0.2) is 40.1 Å². The number of nitrogens with one attached hydrogen (secondary N) is 2. The highest BCUT2D eigenvalue weighted by Crippen LogP contribution is 2.31. The molecule has 1 saturated heterocycles. The number of piperidine rings is 1. The minimum absolute atomic E-state index is 0.0494. The minimum Gasteiger partial charge on any atom is -0.322 e. The van der Waals surface area contributed by atoms with Gasteiger partial charge in [-0.15, -0.1) is 0 Å². The van der Waals surface area contributed by atoms with Crippen molar-refractivity contribution in [1.29, 1.82) is 0 Å². The third kappa shape index (κ3) is 6.16. The molecule has 12 heteroatoms. The fourth-order valence-electron chi connectivity index (χ4n) is 4.08. The first-order chi connectivity index (χ1) is 17.9. The quantitative estimate of drug-likeness (QED) is 0.359. The molecule has 8 nitrogen and oxygen atoms in total. The second-order valence-electron chi connectivity index (χ2n) is 9.25. The lowest BCUT2D eigenvalue weighted by Gasteiger charge is -2.29. The zero-order valence-corrected chi connectivity index (χ0v) is 23.9. The third-order valence-corrected chi connectivity index (χ3v) is 10.5. The normalized spacial score (nSPS) is 15.3. The van der Waals surface area contributed by atoms with Crippen LogP contribution in [0.15, 0.2) is 70.5 Å². The molecule has 0 bridgehead atoms. The van der Waals surface area contributed by atoms with Gasteiger partial charge in [0.15, 0.2) is 0 Å². The Morgan fingerprint density at radius 1 is 0.921 bits per heavy atom. The highest BCUT2D eigenvalue weighted by molar-refractivity contribution is 7.92. The second-order valence-corrected chi connectivity index (χ2v) is 13.7. The molecule has 0 saturated carbocycles. The summed E-state index contributed by atoms with van der Waals surface area (Å²) in [6.45, 7) is 4.72. The van der Waals surface area contributed by atoms with Crippen LogP contribution in [-0.2, 0) is 20.0 Å². The van der Waals surface area contributed by atoms with E-state index in [2.05, 4.69) is 17.0 Å². The highest BCUT2D eigenvalue weighted by Gasteiger charge is 2.29. The van der Waals surface area contributed by atoms with Gasteiger partial charge in [-0.05, 0) is 79.8 Å². The van der Waals surface area contributed by atoms with E-state index >= 15 is 0 Å². The molecule has 0 radical (unpaired) electrons. The van der Waals surface area contributed by atoms with E-state index in [4.69, 9.17) is 23.2 Å². The topological polar surface area (TPSA) is 113 Å². The van der Waals surface area contributed by atoms with Crippen molar-refractivity contribution in [2.75, 3.05) is 23.1 Å². The maximum atomic E-state index is 13.2. The van der Waals surface area contributed by atoms with E-state index in [0.717, 1.165) is 12.8 Å². The van der Waals surface area contributed by atoms with Gasteiger partial charge in [-0.1, -0.05) is 42.3 Å². The second kappa shape index (κ2) is 11.2. The number of rotatable bonds is 7. The average Bonchev–Trinajstić information content (AvgIpc) is 2.87. The van der Waals surface area contributed by atoms with Crippen molar-refractivity contribution in [2.24, 2.45) is 5.92 Å². The molecule has 2 N–H and O–H groups in total. The van der Waals surface area contributed by atoms with Crippen molar-refractivity contribution in [3.05, 3.63) is 81.8 Å². The molecule has 1 aliphatic rings. The largest absolute Gasteiger partial charge is 0.322 e. The summed E-state index contributed by atoms with van der Waals surface area (Å²) in [6.07, 6.45) is 1.59. The van der Waals surface area contributed by atoms with Crippen molar-refractivity contribution in [2.45, 2.75) is 36.5 Å². The van der Waals surface area contributed by atoms with E-state index in [1.165, 1.54) is 46.8 Å². The van der Waals surface area contributed by atoms with Gasteiger partial charge in [0.25, 0.3) is 15.9 Å². The van der Waals surface area contributed by atoms with Crippen LogP contribution in [0.4, 0.5) is 11.4 Å². The molecule has 0 spiro atoms. The molecule has 0 aromatic heterocycles. The number of hydrogen-bond donors (Lipinski definition) is 2.